The van der Waals surface area contributed by atoms with Gasteiger partial charge in [0.25, 0.3) is 0 Å². The summed E-state index contributed by atoms with van der Waals surface area (Å²) in [4.78, 5) is 0. The van der Waals surface area contributed by atoms with Crippen LogP contribution in [-0.4, -0.2) is 5.11 Å². The van der Waals surface area contributed by atoms with E-state index < -0.39 is 0 Å². The van der Waals surface area contributed by atoms with Crippen molar-refractivity contribution in [1.29, 1.82) is 0 Å². The minimum absolute atomic E-state index is 0.453. The van der Waals surface area contributed by atoms with Crippen LogP contribution in [0.3, 0.4) is 0 Å². The number of aromatic hydroxyl groups is 1. The van der Waals surface area contributed by atoms with Gasteiger partial charge >= 0.3 is 0 Å². The molecule has 0 saturated heterocycles. The maximum absolute atomic E-state index is 10.4. The van der Waals surface area contributed by atoms with Crippen molar-refractivity contribution in [2.24, 2.45) is 0 Å². The van der Waals surface area contributed by atoms with E-state index in [1.54, 1.807) is 0 Å². The van der Waals surface area contributed by atoms with Crippen molar-refractivity contribution >= 4 is 0 Å². The zero-order chi connectivity index (χ0) is 20.3. The van der Waals surface area contributed by atoms with Gasteiger partial charge in [0.1, 0.15) is 5.75 Å². The maximum atomic E-state index is 10.4. The number of phenolic OH excluding ortho intramolecular Hbond substituents is 1. The van der Waals surface area contributed by atoms with E-state index in [1.807, 2.05) is 12.1 Å². The van der Waals surface area contributed by atoms with Crippen molar-refractivity contribution in [3.63, 3.8) is 0 Å². The molecule has 0 spiro atoms. The Labute approximate surface area is 176 Å². The van der Waals surface area contributed by atoms with Crippen LogP contribution < -0.4 is 0 Å². The van der Waals surface area contributed by atoms with E-state index >= 15 is 0 Å². The molecule has 1 nitrogen and oxygen atoms in total. The van der Waals surface area contributed by atoms with Gasteiger partial charge in [0.05, 0.1) is 0 Å². The fourth-order valence-corrected chi connectivity index (χ4v) is 3.86. The Morgan fingerprint density at radius 3 is 1.97 bits per heavy atom. The van der Waals surface area contributed by atoms with Crippen LogP contribution in [0.5, 0.6) is 5.75 Å². The summed E-state index contributed by atoms with van der Waals surface area (Å²) in [6, 6.07) is 25.5. The largest absolute Gasteiger partial charge is 0.508 e. The van der Waals surface area contributed by atoms with Gasteiger partial charge in [0, 0.05) is 0 Å². The van der Waals surface area contributed by atoms with Gasteiger partial charge in [-0.2, -0.15) is 0 Å². The SMILES string of the molecule is CCCCCCCCc1ccc(CCc2ccc(-c3ccccc3)cc2)c(O)c1. The molecule has 0 amide bonds. The van der Waals surface area contributed by atoms with Gasteiger partial charge in [-0.1, -0.05) is 106 Å². The highest BCUT2D eigenvalue weighted by molar-refractivity contribution is 5.63. The summed E-state index contributed by atoms with van der Waals surface area (Å²) in [6.07, 6.45) is 10.7. The van der Waals surface area contributed by atoms with E-state index in [-0.39, 0.29) is 0 Å². The summed E-state index contributed by atoms with van der Waals surface area (Å²) in [5, 5.41) is 10.4. The summed E-state index contributed by atoms with van der Waals surface area (Å²) < 4.78 is 0. The molecule has 1 N–H and O–H groups in total. The highest BCUT2D eigenvalue weighted by Crippen LogP contribution is 2.24. The zero-order valence-electron chi connectivity index (χ0n) is 17.7. The molecule has 0 bridgehead atoms. The fraction of sp³-hybridized carbons (Fsp3) is 0.357. The molecule has 0 atom stereocenters. The number of phenols is 1. The molecule has 29 heavy (non-hydrogen) atoms. The van der Waals surface area contributed by atoms with E-state index in [9.17, 15) is 5.11 Å². The first kappa shape index (κ1) is 21.2. The Hall–Kier alpha value is -2.54. The predicted molar refractivity (Wildman–Crippen MR) is 124 cm³/mol. The van der Waals surface area contributed by atoms with Gasteiger partial charge in [0.15, 0.2) is 0 Å². The lowest BCUT2D eigenvalue weighted by molar-refractivity contribution is 0.467. The number of hydrogen-bond donors (Lipinski definition) is 1. The van der Waals surface area contributed by atoms with Crippen LogP contribution in [0.1, 0.15) is 62.1 Å². The molecule has 0 unspecified atom stereocenters. The van der Waals surface area contributed by atoms with E-state index in [1.165, 1.54) is 60.8 Å². The smallest absolute Gasteiger partial charge is 0.119 e. The summed E-state index contributed by atoms with van der Waals surface area (Å²) in [7, 11) is 0. The van der Waals surface area contributed by atoms with Gasteiger partial charge in [-0.25, -0.2) is 0 Å². The molecule has 0 fully saturated rings. The van der Waals surface area contributed by atoms with Gasteiger partial charge in [0.2, 0.25) is 0 Å². The minimum atomic E-state index is 0.453. The van der Waals surface area contributed by atoms with Crippen LogP contribution in [0.15, 0.2) is 72.8 Å². The summed E-state index contributed by atoms with van der Waals surface area (Å²) >= 11 is 0. The fourth-order valence-electron chi connectivity index (χ4n) is 3.86. The summed E-state index contributed by atoms with van der Waals surface area (Å²) in [5.41, 5.74) is 6.10. The molecular formula is C28H34O. The van der Waals surface area contributed by atoms with Crippen molar-refractivity contribution in [2.75, 3.05) is 0 Å². The lowest BCUT2D eigenvalue weighted by Gasteiger charge is -2.09. The van der Waals surface area contributed by atoms with Crippen molar-refractivity contribution < 1.29 is 5.11 Å². The standard InChI is InChI=1S/C28H34O/c1-2-3-4-5-6-8-11-24-17-21-27(28(29)22-24)20-16-23-14-18-26(19-15-23)25-12-9-7-10-13-25/h7,9-10,12-15,17-19,21-22,29H,2-6,8,11,16,20H2,1H3. The van der Waals surface area contributed by atoms with E-state index in [4.69, 9.17) is 0 Å². The molecule has 0 aromatic heterocycles. The van der Waals surface area contributed by atoms with Crippen LogP contribution >= 0.6 is 0 Å². The second kappa shape index (κ2) is 11.5. The quantitative estimate of drug-likeness (QED) is 0.334. The molecule has 0 aliphatic heterocycles. The van der Waals surface area contributed by atoms with Crippen LogP contribution in [0.4, 0.5) is 0 Å². The van der Waals surface area contributed by atoms with Gasteiger partial charge in [-0.05, 0) is 59.6 Å². The molecule has 3 aromatic rings. The number of hydrogen-bond acceptors (Lipinski definition) is 1. The van der Waals surface area contributed by atoms with Gasteiger partial charge in [-0.15, -0.1) is 0 Å². The third-order valence-electron chi connectivity index (χ3n) is 5.71. The number of benzene rings is 3. The van der Waals surface area contributed by atoms with Crippen molar-refractivity contribution in [3.05, 3.63) is 89.5 Å². The highest BCUT2D eigenvalue weighted by Gasteiger charge is 2.05. The lowest BCUT2D eigenvalue weighted by Crippen LogP contribution is -1.94. The first-order valence-corrected chi connectivity index (χ1v) is 11.2. The average molecular weight is 387 g/mol. The third-order valence-corrected chi connectivity index (χ3v) is 5.71. The Bertz CT molecular complexity index is 849. The maximum Gasteiger partial charge on any atom is 0.119 e. The van der Waals surface area contributed by atoms with Gasteiger partial charge in [-0.3, -0.25) is 0 Å². The first-order chi connectivity index (χ1) is 14.3. The summed E-state index contributed by atoms with van der Waals surface area (Å²) in [5.74, 6) is 0.453. The first-order valence-electron chi connectivity index (χ1n) is 11.2. The Kier molecular flexibility index (Phi) is 8.37. The topological polar surface area (TPSA) is 20.2 Å². The number of rotatable bonds is 11. The monoisotopic (exact) mass is 386 g/mol. The number of unbranched alkanes of at least 4 members (excludes halogenated alkanes) is 5. The van der Waals surface area contributed by atoms with E-state index in [0.717, 1.165) is 24.8 Å². The molecule has 3 rings (SSSR count). The zero-order valence-corrected chi connectivity index (χ0v) is 17.7. The second-order valence-corrected chi connectivity index (χ2v) is 8.04. The Morgan fingerprint density at radius 2 is 1.24 bits per heavy atom. The molecule has 0 aliphatic carbocycles. The lowest BCUT2D eigenvalue weighted by atomic mass is 9.98. The van der Waals surface area contributed by atoms with Crippen molar-refractivity contribution in [3.8, 4) is 16.9 Å². The third kappa shape index (κ3) is 6.78. The van der Waals surface area contributed by atoms with Crippen molar-refractivity contribution in [2.45, 2.75) is 64.7 Å². The molecule has 152 valence electrons. The van der Waals surface area contributed by atoms with Crippen LogP contribution in [0, 0.1) is 0 Å². The predicted octanol–water partition coefficient (Wildman–Crippen LogP) is 7.75. The molecule has 0 aliphatic rings. The normalized spacial score (nSPS) is 10.9. The van der Waals surface area contributed by atoms with Crippen molar-refractivity contribution in [1.82, 2.24) is 0 Å². The molecule has 1 heteroatoms. The molecule has 0 heterocycles. The molecule has 0 saturated carbocycles. The molecular weight excluding hydrogens is 352 g/mol. The average Bonchev–Trinajstić information content (AvgIpc) is 2.76. The van der Waals surface area contributed by atoms with Gasteiger partial charge < -0.3 is 5.11 Å². The van der Waals surface area contributed by atoms with E-state index in [2.05, 4.69) is 67.6 Å². The number of aryl methyl sites for hydroxylation is 3. The van der Waals surface area contributed by atoms with Crippen LogP contribution in [-0.2, 0) is 19.3 Å². The van der Waals surface area contributed by atoms with E-state index in [0.29, 0.717) is 5.75 Å². The van der Waals surface area contributed by atoms with Crippen LogP contribution in [0.25, 0.3) is 11.1 Å². The summed E-state index contributed by atoms with van der Waals surface area (Å²) in [6.45, 7) is 2.25. The van der Waals surface area contributed by atoms with Crippen LogP contribution in [0.2, 0.25) is 0 Å². The minimum Gasteiger partial charge on any atom is -0.508 e. The molecule has 0 radical (unpaired) electrons. The second-order valence-electron chi connectivity index (χ2n) is 8.04. The Morgan fingerprint density at radius 1 is 0.586 bits per heavy atom. The Balaban J connectivity index is 1.48. The molecule has 3 aromatic carbocycles. The highest BCUT2D eigenvalue weighted by atomic mass is 16.3.